The van der Waals surface area contributed by atoms with Crippen LogP contribution in [0.2, 0.25) is 0 Å². The van der Waals surface area contributed by atoms with Gasteiger partial charge in [0.25, 0.3) is 5.91 Å². The predicted molar refractivity (Wildman–Crippen MR) is 90.6 cm³/mol. The predicted octanol–water partition coefficient (Wildman–Crippen LogP) is 2.67. The number of halogens is 2. The molecule has 1 aromatic rings. The molecule has 0 aliphatic heterocycles. The molecule has 0 heterocycles. The SMILES string of the molecule is C[C@H]([NH2+]CC(=O)NC12CC3CC(CC(C3)C1)C2)c1ccc(F)c(F)c1. The lowest BCUT2D eigenvalue weighted by atomic mass is 9.53. The fourth-order valence-corrected chi connectivity index (χ4v) is 5.83. The van der Waals surface area contributed by atoms with E-state index in [2.05, 4.69) is 5.32 Å². The van der Waals surface area contributed by atoms with E-state index in [0.29, 0.717) is 12.1 Å². The minimum absolute atomic E-state index is 0.0326. The maximum atomic E-state index is 13.4. The van der Waals surface area contributed by atoms with E-state index in [-0.39, 0.29) is 17.5 Å². The third-order valence-corrected chi connectivity index (χ3v) is 6.57. The van der Waals surface area contributed by atoms with Gasteiger partial charge in [-0.2, -0.15) is 0 Å². The molecule has 1 aromatic carbocycles. The summed E-state index contributed by atoms with van der Waals surface area (Å²) in [7, 11) is 0. The van der Waals surface area contributed by atoms with Crippen molar-refractivity contribution >= 4 is 5.91 Å². The summed E-state index contributed by atoms with van der Waals surface area (Å²) in [6, 6.07) is 3.85. The van der Waals surface area contributed by atoms with Crippen molar-refractivity contribution in [3.05, 3.63) is 35.4 Å². The lowest BCUT2D eigenvalue weighted by Crippen LogP contribution is -2.87. The summed E-state index contributed by atoms with van der Waals surface area (Å²) in [4.78, 5) is 12.5. The third kappa shape index (κ3) is 3.43. The lowest BCUT2D eigenvalue weighted by molar-refractivity contribution is -0.682. The molecule has 4 aliphatic rings. The molecule has 4 saturated carbocycles. The molecule has 3 N–H and O–H groups in total. The molecule has 0 unspecified atom stereocenters. The Morgan fingerprint density at radius 3 is 2.32 bits per heavy atom. The largest absolute Gasteiger partial charge is 0.346 e. The molecule has 5 heteroatoms. The van der Waals surface area contributed by atoms with E-state index in [1.54, 1.807) is 6.07 Å². The molecule has 0 aromatic heterocycles. The van der Waals surface area contributed by atoms with E-state index < -0.39 is 11.6 Å². The standard InChI is InChI=1S/C20H26F2N2O/c1-12(16-2-3-17(21)18(22)7-16)23-11-19(25)24-20-8-13-4-14(9-20)6-15(5-13)10-20/h2-3,7,12-15,23H,4-6,8-11H2,1H3,(H,24,25)/p+1/t12-,13?,14?,15?,20?/m0/s1. The molecule has 4 bridgehead atoms. The molecular weight excluding hydrogens is 322 g/mol. The molecule has 1 amide bonds. The van der Waals surface area contributed by atoms with Crippen molar-refractivity contribution in [3.8, 4) is 0 Å². The smallest absolute Gasteiger partial charge is 0.275 e. The summed E-state index contributed by atoms with van der Waals surface area (Å²) >= 11 is 0. The topological polar surface area (TPSA) is 45.7 Å². The molecule has 5 rings (SSSR count). The number of carbonyl (C=O) groups excluding carboxylic acids is 1. The molecule has 25 heavy (non-hydrogen) atoms. The number of nitrogens with one attached hydrogen (secondary N) is 1. The van der Waals surface area contributed by atoms with E-state index in [1.807, 2.05) is 12.2 Å². The number of nitrogens with two attached hydrogens (primary N) is 1. The third-order valence-electron chi connectivity index (χ3n) is 6.57. The first kappa shape index (κ1) is 17.0. The molecule has 3 nitrogen and oxygen atoms in total. The molecule has 4 aliphatic carbocycles. The van der Waals surface area contributed by atoms with Crippen LogP contribution in [0.15, 0.2) is 18.2 Å². The Hall–Kier alpha value is -1.49. The maximum absolute atomic E-state index is 13.4. The first-order chi connectivity index (χ1) is 11.9. The van der Waals surface area contributed by atoms with E-state index in [0.717, 1.165) is 43.1 Å². The molecule has 0 saturated heterocycles. The van der Waals surface area contributed by atoms with Gasteiger partial charge in [-0.15, -0.1) is 0 Å². The van der Waals surface area contributed by atoms with E-state index in [9.17, 15) is 13.6 Å². The summed E-state index contributed by atoms with van der Waals surface area (Å²) in [6.45, 7) is 2.23. The Morgan fingerprint density at radius 2 is 1.76 bits per heavy atom. The van der Waals surface area contributed by atoms with Gasteiger partial charge in [0.05, 0.1) is 0 Å². The van der Waals surface area contributed by atoms with Gasteiger partial charge in [-0.1, -0.05) is 0 Å². The van der Waals surface area contributed by atoms with Gasteiger partial charge in [-0.05, 0) is 81.4 Å². The van der Waals surface area contributed by atoms with Crippen LogP contribution in [-0.4, -0.2) is 18.0 Å². The highest BCUT2D eigenvalue weighted by molar-refractivity contribution is 5.77. The van der Waals surface area contributed by atoms with E-state index in [4.69, 9.17) is 0 Å². The van der Waals surface area contributed by atoms with Crippen LogP contribution in [0.4, 0.5) is 8.78 Å². The maximum Gasteiger partial charge on any atom is 0.275 e. The highest BCUT2D eigenvalue weighted by Crippen LogP contribution is 2.55. The summed E-state index contributed by atoms with van der Waals surface area (Å²) in [5.74, 6) is 0.799. The number of rotatable bonds is 5. The molecule has 136 valence electrons. The number of hydrogen-bond acceptors (Lipinski definition) is 1. The number of amides is 1. The fourth-order valence-electron chi connectivity index (χ4n) is 5.83. The normalized spacial score (nSPS) is 34.1. The average Bonchev–Trinajstić information content (AvgIpc) is 2.53. The Kier molecular flexibility index (Phi) is 4.30. The Bertz CT molecular complexity index is 640. The molecule has 0 spiro atoms. The van der Waals surface area contributed by atoms with Crippen molar-refractivity contribution in [3.63, 3.8) is 0 Å². The van der Waals surface area contributed by atoms with E-state index >= 15 is 0 Å². The number of carbonyl (C=O) groups is 1. The van der Waals surface area contributed by atoms with Gasteiger partial charge in [0.1, 0.15) is 6.04 Å². The molecule has 4 fully saturated rings. The van der Waals surface area contributed by atoms with Crippen molar-refractivity contribution in [2.75, 3.05) is 6.54 Å². The zero-order valence-electron chi connectivity index (χ0n) is 14.7. The van der Waals surface area contributed by atoms with Crippen molar-refractivity contribution in [1.82, 2.24) is 5.32 Å². The van der Waals surface area contributed by atoms with Crippen LogP contribution in [0.1, 0.15) is 57.1 Å². The Balaban J connectivity index is 1.32. The highest BCUT2D eigenvalue weighted by atomic mass is 19.2. The Labute approximate surface area is 147 Å². The van der Waals surface area contributed by atoms with Crippen LogP contribution in [0.3, 0.4) is 0 Å². The Morgan fingerprint density at radius 1 is 1.16 bits per heavy atom. The zero-order chi connectivity index (χ0) is 17.6. The van der Waals surface area contributed by atoms with Crippen LogP contribution in [0, 0.1) is 29.4 Å². The monoisotopic (exact) mass is 349 g/mol. The second kappa shape index (κ2) is 6.35. The quantitative estimate of drug-likeness (QED) is 0.843. The van der Waals surface area contributed by atoms with Gasteiger partial charge in [-0.25, -0.2) is 8.78 Å². The molecule has 0 radical (unpaired) electrons. The number of quaternary nitrogens is 1. The van der Waals surface area contributed by atoms with Crippen molar-refractivity contribution in [2.24, 2.45) is 17.8 Å². The van der Waals surface area contributed by atoms with Gasteiger partial charge < -0.3 is 10.6 Å². The van der Waals surface area contributed by atoms with Gasteiger partial charge in [-0.3, -0.25) is 4.79 Å². The average molecular weight is 349 g/mol. The van der Waals surface area contributed by atoms with E-state index in [1.165, 1.54) is 25.3 Å². The van der Waals surface area contributed by atoms with Gasteiger partial charge in [0.15, 0.2) is 18.2 Å². The van der Waals surface area contributed by atoms with Gasteiger partial charge in [0, 0.05) is 11.1 Å². The summed E-state index contributed by atoms with van der Waals surface area (Å²) in [6.07, 6.45) is 7.49. The first-order valence-electron chi connectivity index (χ1n) is 9.52. The van der Waals surface area contributed by atoms with Gasteiger partial charge in [0.2, 0.25) is 0 Å². The number of benzene rings is 1. The summed E-state index contributed by atoms with van der Waals surface area (Å²) in [5, 5.41) is 5.24. The zero-order valence-corrected chi connectivity index (χ0v) is 14.7. The highest BCUT2D eigenvalue weighted by Gasteiger charge is 2.51. The molecule has 1 atom stereocenters. The number of hydrogen-bond donors (Lipinski definition) is 2. The second-order valence-electron chi connectivity index (χ2n) is 8.65. The first-order valence-corrected chi connectivity index (χ1v) is 9.52. The fraction of sp³-hybridized carbons (Fsp3) is 0.650. The van der Waals surface area contributed by atoms with Crippen molar-refractivity contribution in [1.29, 1.82) is 0 Å². The second-order valence-corrected chi connectivity index (χ2v) is 8.65. The van der Waals surface area contributed by atoms with Crippen LogP contribution < -0.4 is 10.6 Å². The van der Waals surface area contributed by atoms with Gasteiger partial charge >= 0.3 is 0 Å². The minimum atomic E-state index is -0.837. The summed E-state index contributed by atoms with van der Waals surface area (Å²) < 4.78 is 26.4. The van der Waals surface area contributed by atoms with Crippen LogP contribution in [0.5, 0.6) is 0 Å². The minimum Gasteiger partial charge on any atom is -0.346 e. The summed E-state index contributed by atoms with van der Waals surface area (Å²) in [5.41, 5.74) is 0.728. The molecular formula is C20H27F2N2O+. The van der Waals surface area contributed by atoms with Crippen LogP contribution in [0.25, 0.3) is 0 Å². The van der Waals surface area contributed by atoms with Crippen molar-refractivity contribution in [2.45, 2.75) is 57.0 Å². The van der Waals surface area contributed by atoms with Crippen molar-refractivity contribution < 1.29 is 18.9 Å². The van der Waals surface area contributed by atoms with Crippen LogP contribution in [-0.2, 0) is 4.79 Å². The lowest BCUT2D eigenvalue weighted by Gasteiger charge is -2.56. The van der Waals surface area contributed by atoms with Crippen LogP contribution >= 0.6 is 0 Å².